The predicted molar refractivity (Wildman–Crippen MR) is 65.6 cm³/mol. The van der Waals surface area contributed by atoms with Gasteiger partial charge in [0.1, 0.15) is 5.82 Å². The highest BCUT2D eigenvalue weighted by molar-refractivity contribution is 6.31. The van der Waals surface area contributed by atoms with Crippen molar-refractivity contribution in [3.63, 3.8) is 0 Å². The maximum Gasteiger partial charge on any atom is 0.144 e. The lowest BCUT2D eigenvalue weighted by atomic mass is 10.2. The molecular formula is C11H16ClFN2O. The second-order valence-corrected chi connectivity index (χ2v) is 4.00. The van der Waals surface area contributed by atoms with E-state index in [9.17, 15) is 4.39 Å². The molecule has 0 bridgehead atoms. The third kappa shape index (κ3) is 3.25. The Morgan fingerprint density at radius 1 is 1.50 bits per heavy atom. The molecule has 0 aliphatic carbocycles. The van der Waals surface area contributed by atoms with Crippen molar-refractivity contribution in [2.24, 2.45) is 0 Å². The second kappa shape index (κ2) is 5.92. The van der Waals surface area contributed by atoms with Gasteiger partial charge in [-0.25, -0.2) is 4.39 Å². The first-order chi connectivity index (χ1) is 7.56. The van der Waals surface area contributed by atoms with Crippen molar-refractivity contribution < 1.29 is 9.13 Å². The Hall–Kier alpha value is -1.00. The average molecular weight is 247 g/mol. The number of anilines is 2. The van der Waals surface area contributed by atoms with E-state index in [0.29, 0.717) is 18.0 Å². The van der Waals surface area contributed by atoms with Crippen LogP contribution in [0.15, 0.2) is 12.1 Å². The number of hydrogen-bond acceptors (Lipinski definition) is 3. The number of benzene rings is 1. The van der Waals surface area contributed by atoms with Gasteiger partial charge in [-0.3, -0.25) is 0 Å². The first kappa shape index (κ1) is 13.1. The van der Waals surface area contributed by atoms with Crippen LogP contribution < -0.4 is 10.6 Å². The smallest absolute Gasteiger partial charge is 0.144 e. The van der Waals surface area contributed by atoms with Gasteiger partial charge in [0.05, 0.1) is 16.4 Å². The standard InChI is InChI=1S/C11H16ClFN2O/c1-15(4-3-5-16-2)11-7-9(13)8(12)6-10(11)14/h6-7H,3-5,14H2,1-2H3. The van der Waals surface area contributed by atoms with Crippen LogP contribution in [-0.2, 0) is 4.74 Å². The fraction of sp³-hybridized carbons (Fsp3) is 0.455. The fourth-order valence-electron chi connectivity index (χ4n) is 1.45. The van der Waals surface area contributed by atoms with Gasteiger partial charge in [0.15, 0.2) is 0 Å². The van der Waals surface area contributed by atoms with Crippen molar-refractivity contribution in [3.8, 4) is 0 Å². The molecule has 0 aliphatic rings. The monoisotopic (exact) mass is 246 g/mol. The summed E-state index contributed by atoms with van der Waals surface area (Å²) in [6, 6.07) is 2.78. The zero-order valence-corrected chi connectivity index (χ0v) is 10.2. The van der Waals surface area contributed by atoms with E-state index < -0.39 is 5.82 Å². The van der Waals surface area contributed by atoms with Crippen LogP contribution in [0.2, 0.25) is 5.02 Å². The van der Waals surface area contributed by atoms with Crippen LogP contribution in [0.25, 0.3) is 0 Å². The van der Waals surface area contributed by atoms with E-state index in [4.69, 9.17) is 22.1 Å². The average Bonchev–Trinajstić information content (AvgIpc) is 2.23. The predicted octanol–water partition coefficient (Wildman–Crippen LogP) is 2.53. The summed E-state index contributed by atoms with van der Waals surface area (Å²) in [5.41, 5.74) is 6.90. The van der Waals surface area contributed by atoms with Gasteiger partial charge in [0.2, 0.25) is 0 Å². The van der Waals surface area contributed by atoms with Crippen molar-refractivity contribution >= 4 is 23.0 Å². The van der Waals surface area contributed by atoms with E-state index in [1.807, 2.05) is 11.9 Å². The molecule has 16 heavy (non-hydrogen) atoms. The van der Waals surface area contributed by atoms with Gasteiger partial charge in [-0.1, -0.05) is 11.6 Å². The Balaban J connectivity index is 2.75. The minimum Gasteiger partial charge on any atom is -0.397 e. The number of ether oxygens (including phenoxy) is 1. The van der Waals surface area contributed by atoms with Gasteiger partial charge >= 0.3 is 0 Å². The summed E-state index contributed by atoms with van der Waals surface area (Å²) in [7, 11) is 3.50. The Kier molecular flexibility index (Phi) is 4.83. The third-order valence-corrected chi connectivity index (χ3v) is 2.61. The number of nitrogens with two attached hydrogens (primary N) is 1. The molecule has 1 rings (SSSR count). The van der Waals surface area contributed by atoms with Crippen LogP contribution in [0.4, 0.5) is 15.8 Å². The van der Waals surface area contributed by atoms with Gasteiger partial charge in [-0.2, -0.15) is 0 Å². The van der Waals surface area contributed by atoms with Crippen molar-refractivity contribution in [2.45, 2.75) is 6.42 Å². The summed E-state index contributed by atoms with van der Waals surface area (Å²) in [4.78, 5) is 1.88. The van der Waals surface area contributed by atoms with E-state index in [0.717, 1.165) is 13.0 Å². The molecule has 5 heteroatoms. The van der Waals surface area contributed by atoms with Crippen LogP contribution in [0.1, 0.15) is 6.42 Å². The molecule has 0 aromatic heterocycles. The van der Waals surface area contributed by atoms with E-state index >= 15 is 0 Å². The summed E-state index contributed by atoms with van der Waals surface area (Å²) in [5, 5.41) is 0.0477. The van der Waals surface area contributed by atoms with Crippen molar-refractivity contribution in [3.05, 3.63) is 23.0 Å². The Morgan fingerprint density at radius 3 is 2.81 bits per heavy atom. The van der Waals surface area contributed by atoms with Crippen LogP contribution in [0.3, 0.4) is 0 Å². The second-order valence-electron chi connectivity index (χ2n) is 3.59. The Morgan fingerprint density at radius 2 is 2.19 bits per heavy atom. The summed E-state index contributed by atoms with van der Waals surface area (Å²) >= 11 is 5.62. The summed E-state index contributed by atoms with van der Waals surface area (Å²) in [6.45, 7) is 1.42. The number of nitrogens with zero attached hydrogens (tertiary/aromatic N) is 1. The molecule has 0 aliphatic heterocycles. The summed E-state index contributed by atoms with van der Waals surface area (Å²) < 4.78 is 18.2. The molecule has 0 atom stereocenters. The molecule has 0 fully saturated rings. The van der Waals surface area contributed by atoms with E-state index in [2.05, 4.69) is 0 Å². The topological polar surface area (TPSA) is 38.5 Å². The largest absolute Gasteiger partial charge is 0.397 e. The highest BCUT2D eigenvalue weighted by Gasteiger charge is 2.09. The zero-order valence-electron chi connectivity index (χ0n) is 9.46. The van der Waals surface area contributed by atoms with Gasteiger partial charge in [-0.05, 0) is 12.5 Å². The first-order valence-corrected chi connectivity index (χ1v) is 5.38. The Labute approximate surface area is 99.9 Å². The molecule has 2 N–H and O–H groups in total. The van der Waals surface area contributed by atoms with Crippen LogP contribution >= 0.6 is 11.6 Å². The highest BCUT2D eigenvalue weighted by atomic mass is 35.5. The number of nitrogen functional groups attached to an aromatic ring is 1. The molecule has 0 spiro atoms. The molecule has 0 unspecified atom stereocenters. The molecular weight excluding hydrogens is 231 g/mol. The molecule has 0 radical (unpaired) electrons. The van der Waals surface area contributed by atoms with Crippen molar-refractivity contribution in [2.75, 3.05) is 37.9 Å². The normalized spacial score (nSPS) is 10.5. The van der Waals surface area contributed by atoms with Gasteiger partial charge in [0.25, 0.3) is 0 Å². The maximum absolute atomic E-state index is 13.3. The minimum atomic E-state index is -0.454. The minimum absolute atomic E-state index is 0.0477. The van der Waals surface area contributed by atoms with Crippen molar-refractivity contribution in [1.29, 1.82) is 0 Å². The van der Waals surface area contributed by atoms with Gasteiger partial charge in [0, 0.05) is 33.4 Å². The maximum atomic E-state index is 13.3. The van der Waals surface area contributed by atoms with E-state index in [-0.39, 0.29) is 5.02 Å². The summed E-state index contributed by atoms with van der Waals surface area (Å²) in [5.74, 6) is -0.454. The lowest BCUT2D eigenvalue weighted by Crippen LogP contribution is -2.21. The lowest BCUT2D eigenvalue weighted by molar-refractivity contribution is 0.196. The fourth-order valence-corrected chi connectivity index (χ4v) is 1.62. The van der Waals surface area contributed by atoms with Crippen molar-refractivity contribution in [1.82, 2.24) is 0 Å². The van der Waals surface area contributed by atoms with Gasteiger partial charge < -0.3 is 15.4 Å². The van der Waals surface area contributed by atoms with Crippen LogP contribution in [0, 0.1) is 5.82 Å². The molecule has 1 aromatic rings. The number of rotatable bonds is 5. The molecule has 0 amide bonds. The molecule has 3 nitrogen and oxygen atoms in total. The van der Waals surface area contributed by atoms with E-state index in [1.54, 1.807) is 7.11 Å². The zero-order chi connectivity index (χ0) is 12.1. The third-order valence-electron chi connectivity index (χ3n) is 2.32. The molecule has 0 saturated heterocycles. The van der Waals surface area contributed by atoms with Crippen LogP contribution in [-0.4, -0.2) is 27.3 Å². The molecule has 1 aromatic carbocycles. The number of hydrogen-bond donors (Lipinski definition) is 1. The lowest BCUT2D eigenvalue weighted by Gasteiger charge is -2.21. The SMILES string of the molecule is COCCCN(C)c1cc(F)c(Cl)cc1N. The van der Waals surface area contributed by atoms with Gasteiger partial charge in [-0.15, -0.1) is 0 Å². The van der Waals surface area contributed by atoms with Crippen LogP contribution in [0.5, 0.6) is 0 Å². The Bertz CT molecular complexity index is 360. The quantitative estimate of drug-likeness (QED) is 0.641. The molecule has 0 heterocycles. The summed E-state index contributed by atoms with van der Waals surface area (Å²) in [6.07, 6.45) is 0.858. The van der Waals surface area contributed by atoms with E-state index in [1.165, 1.54) is 12.1 Å². The first-order valence-electron chi connectivity index (χ1n) is 5.01. The number of halogens is 2. The highest BCUT2D eigenvalue weighted by Crippen LogP contribution is 2.28. The molecule has 90 valence electrons. The molecule has 0 saturated carbocycles. The number of methoxy groups -OCH3 is 1.